The summed E-state index contributed by atoms with van der Waals surface area (Å²) in [7, 11) is 0. The van der Waals surface area contributed by atoms with Gasteiger partial charge < -0.3 is 5.32 Å². The van der Waals surface area contributed by atoms with Crippen LogP contribution in [0.3, 0.4) is 0 Å². The van der Waals surface area contributed by atoms with Crippen molar-refractivity contribution >= 4 is 39.2 Å². The lowest BCUT2D eigenvalue weighted by molar-refractivity contribution is -0.120. The molecule has 0 aliphatic heterocycles. The Morgan fingerprint density at radius 1 is 1.48 bits per heavy atom. The molecule has 0 fully saturated rings. The lowest BCUT2D eigenvalue weighted by Crippen LogP contribution is -2.31. The molecule has 2 aromatic rings. The summed E-state index contributed by atoms with van der Waals surface area (Å²) in [6, 6.07) is 0. The lowest BCUT2D eigenvalue weighted by Gasteiger charge is -2.15. The Hall–Kier alpha value is -1.60. The molecule has 0 spiro atoms. The van der Waals surface area contributed by atoms with Crippen LogP contribution in [-0.2, 0) is 24.2 Å². The van der Waals surface area contributed by atoms with E-state index < -0.39 is 0 Å². The van der Waals surface area contributed by atoms with Crippen molar-refractivity contribution in [3.05, 3.63) is 33.4 Å². The number of thiophene rings is 1. The van der Waals surface area contributed by atoms with Crippen molar-refractivity contribution < 1.29 is 4.79 Å². The Kier molecular flexibility index (Phi) is 5.64. The largest absolute Gasteiger partial charge is 0.355 e. The third-order valence-electron chi connectivity index (χ3n) is 4.35. The lowest BCUT2D eigenvalue weighted by atomic mass is 9.97. The molecule has 134 valence electrons. The zero-order valence-corrected chi connectivity index (χ0v) is 16.3. The number of aryl methyl sites for hydroxylation is 2. The summed E-state index contributed by atoms with van der Waals surface area (Å²) in [4.78, 5) is 32.0. The summed E-state index contributed by atoms with van der Waals surface area (Å²) >= 11 is 2.97. The molecule has 1 atom stereocenters. The van der Waals surface area contributed by atoms with Crippen LogP contribution < -0.4 is 10.9 Å². The van der Waals surface area contributed by atoms with Crippen molar-refractivity contribution in [2.24, 2.45) is 0 Å². The van der Waals surface area contributed by atoms with Gasteiger partial charge in [0, 0.05) is 18.0 Å². The smallest absolute Gasteiger partial charge is 0.263 e. The van der Waals surface area contributed by atoms with Gasteiger partial charge in [-0.05, 0) is 45.1 Å². The first kappa shape index (κ1) is 18.2. The maximum atomic E-state index is 13.1. The van der Waals surface area contributed by atoms with E-state index >= 15 is 0 Å². The molecule has 7 heteroatoms. The van der Waals surface area contributed by atoms with Crippen LogP contribution in [0.5, 0.6) is 0 Å². The minimum absolute atomic E-state index is 0.00472. The highest BCUT2D eigenvalue weighted by Crippen LogP contribution is 2.35. The molecule has 2 aromatic heterocycles. The van der Waals surface area contributed by atoms with Gasteiger partial charge in [0.25, 0.3) is 5.56 Å². The first-order chi connectivity index (χ1) is 12.1. The Bertz CT molecular complexity index is 869. The quantitative estimate of drug-likeness (QED) is 0.477. The van der Waals surface area contributed by atoms with Gasteiger partial charge in [-0.1, -0.05) is 17.8 Å². The van der Waals surface area contributed by atoms with E-state index in [1.807, 2.05) is 13.8 Å². The number of amides is 1. The van der Waals surface area contributed by atoms with E-state index in [0.29, 0.717) is 18.2 Å². The van der Waals surface area contributed by atoms with Crippen LogP contribution in [0.25, 0.3) is 10.2 Å². The van der Waals surface area contributed by atoms with Crippen molar-refractivity contribution in [3.63, 3.8) is 0 Å². The molecule has 0 aromatic carbocycles. The van der Waals surface area contributed by atoms with Gasteiger partial charge in [0.2, 0.25) is 5.91 Å². The highest BCUT2D eigenvalue weighted by molar-refractivity contribution is 8.00. The molecule has 5 nitrogen and oxygen atoms in total. The van der Waals surface area contributed by atoms with Gasteiger partial charge >= 0.3 is 0 Å². The van der Waals surface area contributed by atoms with Gasteiger partial charge in [-0.25, -0.2) is 4.98 Å². The van der Waals surface area contributed by atoms with E-state index in [2.05, 4.69) is 11.9 Å². The van der Waals surface area contributed by atoms with Crippen LogP contribution >= 0.6 is 23.1 Å². The number of aromatic nitrogens is 2. The molecule has 0 saturated carbocycles. The highest BCUT2D eigenvalue weighted by Gasteiger charge is 2.23. The third kappa shape index (κ3) is 3.53. The first-order valence-corrected chi connectivity index (χ1v) is 10.4. The number of hydrogen-bond acceptors (Lipinski definition) is 5. The molecular formula is C18H23N3O2S2. The molecule has 2 heterocycles. The maximum Gasteiger partial charge on any atom is 0.263 e. The third-order valence-corrected chi connectivity index (χ3v) is 6.63. The summed E-state index contributed by atoms with van der Waals surface area (Å²) in [5.41, 5.74) is 1.18. The van der Waals surface area contributed by atoms with Crippen molar-refractivity contribution in [3.8, 4) is 0 Å². The number of rotatable bonds is 6. The summed E-state index contributed by atoms with van der Waals surface area (Å²) < 4.78 is 1.65. The second kappa shape index (κ2) is 7.74. The fourth-order valence-corrected chi connectivity index (χ4v) is 5.37. The average molecular weight is 378 g/mol. The predicted octanol–water partition coefficient (Wildman–Crippen LogP) is 3.14. The first-order valence-electron chi connectivity index (χ1n) is 8.67. The van der Waals surface area contributed by atoms with E-state index in [0.717, 1.165) is 29.5 Å². The SMILES string of the molecule is C=CCn1c(S[C@@H](C)C(=O)NCC)nc2sc3c(c2c1=O)CCCC3. The van der Waals surface area contributed by atoms with Crippen LogP contribution in [0.4, 0.5) is 0 Å². The van der Waals surface area contributed by atoms with Crippen LogP contribution in [0.2, 0.25) is 0 Å². The number of thioether (sulfide) groups is 1. The monoisotopic (exact) mass is 377 g/mol. The molecular weight excluding hydrogens is 354 g/mol. The summed E-state index contributed by atoms with van der Waals surface area (Å²) in [5, 5.41) is 3.87. The number of carbonyl (C=O) groups is 1. The van der Waals surface area contributed by atoms with E-state index in [1.54, 1.807) is 22.0 Å². The Balaban J connectivity index is 2.08. The zero-order chi connectivity index (χ0) is 18.0. The van der Waals surface area contributed by atoms with E-state index in [4.69, 9.17) is 4.98 Å². The molecule has 0 saturated heterocycles. The van der Waals surface area contributed by atoms with Crippen molar-refractivity contribution in [1.29, 1.82) is 0 Å². The Morgan fingerprint density at radius 2 is 2.24 bits per heavy atom. The fraction of sp³-hybridized carbons (Fsp3) is 0.500. The van der Waals surface area contributed by atoms with Gasteiger partial charge in [-0.2, -0.15) is 0 Å². The van der Waals surface area contributed by atoms with E-state index in [9.17, 15) is 9.59 Å². The van der Waals surface area contributed by atoms with Crippen molar-refractivity contribution in [2.75, 3.05) is 6.54 Å². The summed E-state index contributed by atoms with van der Waals surface area (Å²) in [5.74, 6) is -0.0440. The number of nitrogens with one attached hydrogen (secondary N) is 1. The number of allylic oxidation sites excluding steroid dienone is 1. The molecule has 1 aliphatic rings. The van der Waals surface area contributed by atoms with Gasteiger partial charge in [-0.3, -0.25) is 14.2 Å². The summed E-state index contributed by atoms with van der Waals surface area (Å²) in [6.45, 7) is 8.48. The second-order valence-electron chi connectivity index (χ2n) is 6.14. The predicted molar refractivity (Wildman–Crippen MR) is 105 cm³/mol. The molecule has 0 unspecified atom stereocenters. The number of nitrogens with zero attached hydrogens (tertiary/aromatic N) is 2. The van der Waals surface area contributed by atoms with Crippen LogP contribution in [0.1, 0.15) is 37.1 Å². The fourth-order valence-electron chi connectivity index (χ4n) is 3.13. The topological polar surface area (TPSA) is 64.0 Å². The molecule has 1 N–H and O–H groups in total. The highest BCUT2D eigenvalue weighted by atomic mass is 32.2. The van der Waals surface area contributed by atoms with Gasteiger partial charge in [-0.15, -0.1) is 17.9 Å². The second-order valence-corrected chi connectivity index (χ2v) is 8.54. The number of hydrogen-bond donors (Lipinski definition) is 1. The minimum atomic E-state index is -0.310. The van der Waals surface area contributed by atoms with E-state index in [1.165, 1.54) is 28.6 Å². The standard InChI is InChI=1S/C18H23N3O2S2/c1-4-10-21-17(23)14-12-8-6-7-9-13(12)25-16(14)20-18(21)24-11(3)15(22)19-5-2/h4,11H,1,5-10H2,2-3H3,(H,19,22)/t11-/m0/s1. The van der Waals surface area contributed by atoms with Crippen LogP contribution in [-0.4, -0.2) is 27.3 Å². The zero-order valence-electron chi connectivity index (χ0n) is 14.6. The van der Waals surface area contributed by atoms with Crippen LogP contribution in [0.15, 0.2) is 22.6 Å². The molecule has 0 bridgehead atoms. The Morgan fingerprint density at radius 3 is 2.96 bits per heavy atom. The summed E-state index contributed by atoms with van der Waals surface area (Å²) in [6.07, 6.45) is 6.01. The van der Waals surface area contributed by atoms with Gasteiger partial charge in [0.15, 0.2) is 5.16 Å². The average Bonchev–Trinajstić information content (AvgIpc) is 2.96. The van der Waals surface area contributed by atoms with Crippen molar-refractivity contribution in [2.45, 2.75) is 56.5 Å². The Labute approximate surface area is 155 Å². The van der Waals surface area contributed by atoms with Crippen LogP contribution in [0, 0.1) is 0 Å². The minimum Gasteiger partial charge on any atom is -0.355 e. The molecule has 1 amide bonds. The number of fused-ring (bicyclic) bond motifs is 3. The normalized spacial score (nSPS) is 15.0. The molecule has 1 aliphatic carbocycles. The maximum absolute atomic E-state index is 13.1. The molecule has 25 heavy (non-hydrogen) atoms. The number of carbonyl (C=O) groups excluding carboxylic acids is 1. The van der Waals surface area contributed by atoms with Gasteiger partial charge in [0.1, 0.15) is 4.83 Å². The molecule has 0 radical (unpaired) electrons. The van der Waals surface area contributed by atoms with Gasteiger partial charge in [0.05, 0.1) is 10.6 Å². The van der Waals surface area contributed by atoms with E-state index in [-0.39, 0.29) is 16.7 Å². The molecule has 3 rings (SSSR count). The van der Waals surface area contributed by atoms with Crippen molar-refractivity contribution in [1.82, 2.24) is 14.9 Å².